The van der Waals surface area contributed by atoms with E-state index in [1.807, 2.05) is 0 Å². The molecule has 0 aliphatic carbocycles. The van der Waals surface area contributed by atoms with Crippen LogP contribution in [0.3, 0.4) is 0 Å². The minimum Gasteiger partial charge on any atom is -0.449 e. The van der Waals surface area contributed by atoms with Crippen molar-refractivity contribution in [1.29, 1.82) is 0 Å². The highest BCUT2D eigenvalue weighted by atomic mass is 32.2. The van der Waals surface area contributed by atoms with Crippen molar-refractivity contribution < 1.29 is 27.9 Å². The summed E-state index contributed by atoms with van der Waals surface area (Å²) in [5, 5.41) is 2.46. The highest BCUT2D eigenvalue weighted by molar-refractivity contribution is 7.99. The summed E-state index contributed by atoms with van der Waals surface area (Å²) in [7, 11) is 0. The third kappa shape index (κ3) is 4.19. The second-order valence-corrected chi connectivity index (χ2v) is 5.68. The number of hydrogen-bond acceptors (Lipinski definition) is 5. The fraction of sp³-hybridized carbons (Fsp3) is 0.357. The summed E-state index contributed by atoms with van der Waals surface area (Å²) in [6.07, 6.45) is -1.20. The SMILES string of the molecule is CC(OC(=O)c1ccccc1SC(F)F)C(=O)N1CCNC1=O. The van der Waals surface area contributed by atoms with Crippen LogP contribution in [0.4, 0.5) is 13.6 Å². The summed E-state index contributed by atoms with van der Waals surface area (Å²) < 4.78 is 30.0. The molecule has 1 unspecified atom stereocenters. The summed E-state index contributed by atoms with van der Waals surface area (Å²) in [4.78, 5) is 36.6. The van der Waals surface area contributed by atoms with Crippen molar-refractivity contribution in [3.05, 3.63) is 29.8 Å². The molecular weight excluding hydrogens is 330 g/mol. The van der Waals surface area contributed by atoms with E-state index in [4.69, 9.17) is 4.74 Å². The van der Waals surface area contributed by atoms with E-state index in [2.05, 4.69) is 5.32 Å². The third-order valence-corrected chi connectivity index (χ3v) is 3.87. The highest BCUT2D eigenvalue weighted by Crippen LogP contribution is 2.29. The van der Waals surface area contributed by atoms with Gasteiger partial charge in [0.2, 0.25) is 0 Å². The van der Waals surface area contributed by atoms with Crippen LogP contribution in [0.1, 0.15) is 17.3 Å². The molecule has 124 valence electrons. The number of esters is 1. The van der Waals surface area contributed by atoms with Crippen LogP contribution in [-0.2, 0) is 9.53 Å². The van der Waals surface area contributed by atoms with Crippen molar-refractivity contribution in [3.63, 3.8) is 0 Å². The number of nitrogens with one attached hydrogen (secondary N) is 1. The molecule has 0 saturated carbocycles. The second kappa shape index (κ2) is 7.40. The molecule has 1 aromatic rings. The Hall–Kier alpha value is -2.16. The van der Waals surface area contributed by atoms with Gasteiger partial charge in [-0.05, 0) is 19.1 Å². The Morgan fingerprint density at radius 3 is 2.65 bits per heavy atom. The van der Waals surface area contributed by atoms with Gasteiger partial charge in [0.25, 0.3) is 11.7 Å². The molecule has 0 spiro atoms. The zero-order valence-electron chi connectivity index (χ0n) is 12.1. The Bertz CT molecular complexity index is 627. The van der Waals surface area contributed by atoms with Crippen LogP contribution in [0, 0.1) is 0 Å². The van der Waals surface area contributed by atoms with Crippen molar-refractivity contribution >= 4 is 29.7 Å². The van der Waals surface area contributed by atoms with Crippen LogP contribution in [0.25, 0.3) is 0 Å². The van der Waals surface area contributed by atoms with Gasteiger partial charge in [-0.2, -0.15) is 8.78 Å². The average Bonchev–Trinajstić information content (AvgIpc) is 2.92. The number of hydrogen-bond donors (Lipinski definition) is 1. The van der Waals surface area contributed by atoms with Gasteiger partial charge in [-0.3, -0.25) is 9.69 Å². The van der Waals surface area contributed by atoms with Crippen LogP contribution in [0.15, 0.2) is 29.2 Å². The van der Waals surface area contributed by atoms with E-state index in [1.165, 1.54) is 31.2 Å². The first kappa shape index (κ1) is 17.2. The normalized spacial score (nSPS) is 15.5. The van der Waals surface area contributed by atoms with Gasteiger partial charge in [-0.25, -0.2) is 9.59 Å². The largest absolute Gasteiger partial charge is 0.449 e. The summed E-state index contributed by atoms with van der Waals surface area (Å²) in [6, 6.07) is 5.18. The van der Waals surface area contributed by atoms with E-state index in [0.29, 0.717) is 6.54 Å². The Labute approximate surface area is 135 Å². The zero-order valence-corrected chi connectivity index (χ0v) is 12.9. The molecule has 23 heavy (non-hydrogen) atoms. The molecule has 0 bridgehead atoms. The number of alkyl halides is 2. The van der Waals surface area contributed by atoms with Gasteiger partial charge in [0.05, 0.1) is 5.56 Å². The molecule has 1 aromatic carbocycles. The van der Waals surface area contributed by atoms with Crippen LogP contribution < -0.4 is 5.32 Å². The van der Waals surface area contributed by atoms with Crippen molar-refractivity contribution in [3.8, 4) is 0 Å². The number of amides is 3. The van der Waals surface area contributed by atoms with Crippen molar-refractivity contribution in [2.75, 3.05) is 13.1 Å². The lowest BCUT2D eigenvalue weighted by molar-refractivity contribution is -0.136. The fourth-order valence-corrected chi connectivity index (χ4v) is 2.64. The number of urea groups is 1. The van der Waals surface area contributed by atoms with Gasteiger partial charge in [-0.1, -0.05) is 23.9 Å². The second-order valence-electron chi connectivity index (χ2n) is 4.64. The Kier molecular flexibility index (Phi) is 5.54. The molecule has 1 fully saturated rings. The van der Waals surface area contributed by atoms with E-state index in [1.54, 1.807) is 0 Å². The minimum atomic E-state index is -2.68. The van der Waals surface area contributed by atoms with Gasteiger partial charge in [0.15, 0.2) is 6.10 Å². The molecule has 1 heterocycles. The first-order chi connectivity index (χ1) is 10.9. The number of rotatable bonds is 5. The summed E-state index contributed by atoms with van der Waals surface area (Å²) in [5.74, 6) is -4.24. The maximum atomic E-state index is 12.5. The smallest absolute Gasteiger partial charge is 0.340 e. The number of nitrogens with zero attached hydrogens (tertiary/aromatic N) is 1. The zero-order chi connectivity index (χ0) is 17.0. The van der Waals surface area contributed by atoms with E-state index >= 15 is 0 Å². The number of halogens is 2. The quantitative estimate of drug-likeness (QED) is 0.654. The molecule has 0 radical (unpaired) electrons. The van der Waals surface area contributed by atoms with E-state index in [0.717, 1.165) is 4.90 Å². The standard InChI is InChI=1S/C14H14F2N2O4S/c1-8(11(19)18-7-6-17-14(18)21)22-12(20)9-4-2-3-5-10(9)23-13(15)16/h2-5,8,13H,6-7H2,1H3,(H,17,21). The van der Waals surface area contributed by atoms with Gasteiger partial charge in [0, 0.05) is 18.0 Å². The molecule has 2 rings (SSSR count). The van der Waals surface area contributed by atoms with Crippen LogP contribution in [0.2, 0.25) is 0 Å². The first-order valence-corrected chi connectivity index (χ1v) is 7.62. The number of carbonyl (C=O) groups excluding carboxylic acids is 3. The van der Waals surface area contributed by atoms with Crippen molar-refractivity contribution in [1.82, 2.24) is 10.2 Å². The van der Waals surface area contributed by atoms with E-state index < -0.39 is 29.8 Å². The lowest BCUT2D eigenvalue weighted by Gasteiger charge is -2.18. The number of benzene rings is 1. The molecule has 0 aromatic heterocycles. The van der Waals surface area contributed by atoms with E-state index in [-0.39, 0.29) is 28.8 Å². The minimum absolute atomic E-state index is 0.0525. The topological polar surface area (TPSA) is 75.7 Å². The van der Waals surface area contributed by atoms with Gasteiger partial charge in [0.1, 0.15) is 0 Å². The Morgan fingerprint density at radius 1 is 1.35 bits per heavy atom. The first-order valence-electron chi connectivity index (χ1n) is 6.74. The number of thioether (sulfide) groups is 1. The maximum Gasteiger partial charge on any atom is 0.340 e. The van der Waals surface area contributed by atoms with Crippen LogP contribution in [-0.4, -0.2) is 47.8 Å². The lowest BCUT2D eigenvalue weighted by atomic mass is 10.2. The fourth-order valence-electron chi connectivity index (χ4n) is 2.01. The van der Waals surface area contributed by atoms with Crippen molar-refractivity contribution in [2.24, 2.45) is 0 Å². The molecule has 1 saturated heterocycles. The molecule has 3 amide bonds. The molecule has 1 atom stereocenters. The molecule has 9 heteroatoms. The number of ether oxygens (including phenoxy) is 1. The van der Waals surface area contributed by atoms with E-state index in [9.17, 15) is 23.2 Å². The molecule has 1 aliphatic heterocycles. The van der Waals surface area contributed by atoms with Gasteiger partial charge in [-0.15, -0.1) is 0 Å². The molecule has 6 nitrogen and oxygen atoms in total. The van der Waals surface area contributed by atoms with Gasteiger partial charge >= 0.3 is 12.0 Å². The Balaban J connectivity index is 2.06. The molecule has 1 aliphatic rings. The van der Waals surface area contributed by atoms with Crippen LogP contribution in [0.5, 0.6) is 0 Å². The summed E-state index contributed by atoms with van der Waals surface area (Å²) in [6.45, 7) is 1.85. The third-order valence-electron chi connectivity index (χ3n) is 3.08. The Morgan fingerprint density at radius 2 is 2.04 bits per heavy atom. The predicted octanol–water partition coefficient (Wildman–Crippen LogP) is 2.10. The van der Waals surface area contributed by atoms with Crippen LogP contribution >= 0.6 is 11.8 Å². The summed E-state index contributed by atoms with van der Waals surface area (Å²) in [5.41, 5.74) is -0.0525. The maximum absolute atomic E-state index is 12.5. The lowest BCUT2D eigenvalue weighted by Crippen LogP contribution is -2.41. The molecule has 1 N–H and O–H groups in total. The number of carbonyl (C=O) groups is 3. The monoisotopic (exact) mass is 344 g/mol. The number of imide groups is 1. The predicted molar refractivity (Wildman–Crippen MR) is 78.3 cm³/mol. The molecular formula is C14H14F2N2O4S. The summed E-state index contributed by atoms with van der Waals surface area (Å²) >= 11 is 0.221. The van der Waals surface area contributed by atoms with Gasteiger partial charge < -0.3 is 10.1 Å². The average molecular weight is 344 g/mol. The highest BCUT2D eigenvalue weighted by Gasteiger charge is 2.32. The van der Waals surface area contributed by atoms with Crippen molar-refractivity contribution in [2.45, 2.75) is 23.7 Å².